The van der Waals surface area contributed by atoms with Crippen molar-refractivity contribution < 1.29 is 15.3 Å². The molecule has 0 heterocycles. The van der Waals surface area contributed by atoms with Crippen molar-refractivity contribution in [2.24, 2.45) is 22.7 Å². The number of hydrogen-bond acceptors (Lipinski definition) is 4. The van der Waals surface area contributed by atoms with Crippen molar-refractivity contribution in [3.05, 3.63) is 29.3 Å². The monoisotopic (exact) mass is 387 g/mol. The standard InChI is InChI=1S/C24H37NO3/c1-3-25-12-4-10-24(15-26)14-21-20-7-5-16-13-17(27)6-8-18(16)19(20)9-11-23(21,2)22(24)28/h6,8,13,19-22,25-28H,3-5,7,9-12,14-15H2,1-2H3/t19?,20?,21?,22-,23+,24-/m1/s1. The molecule has 4 rings (SSSR count). The fourth-order valence-corrected chi connectivity index (χ4v) is 7.10. The number of aliphatic hydroxyl groups is 2. The zero-order chi connectivity index (χ0) is 19.9. The Morgan fingerprint density at radius 2 is 2.07 bits per heavy atom. The molecule has 2 saturated carbocycles. The van der Waals surface area contributed by atoms with Gasteiger partial charge in [-0.3, -0.25) is 0 Å². The molecule has 0 saturated heterocycles. The third kappa shape index (κ3) is 3.09. The van der Waals surface area contributed by atoms with Crippen LogP contribution in [0.4, 0.5) is 0 Å². The van der Waals surface area contributed by atoms with Crippen molar-refractivity contribution in [3.8, 4) is 5.75 Å². The van der Waals surface area contributed by atoms with Gasteiger partial charge in [0.2, 0.25) is 0 Å². The molecule has 6 atom stereocenters. The molecular formula is C24H37NO3. The second-order valence-corrected chi connectivity index (χ2v) is 9.93. The first-order valence-corrected chi connectivity index (χ1v) is 11.3. The van der Waals surface area contributed by atoms with Gasteiger partial charge in [0.15, 0.2) is 0 Å². The van der Waals surface area contributed by atoms with Gasteiger partial charge in [0.1, 0.15) is 5.75 Å². The number of phenolic OH excluding ortho intramolecular Hbond substituents is 1. The van der Waals surface area contributed by atoms with Crippen LogP contribution in [0.5, 0.6) is 5.75 Å². The zero-order valence-corrected chi connectivity index (χ0v) is 17.5. The second kappa shape index (κ2) is 7.62. The van der Waals surface area contributed by atoms with Gasteiger partial charge < -0.3 is 20.6 Å². The Bertz CT molecular complexity index is 707. The molecule has 3 aliphatic carbocycles. The maximum absolute atomic E-state index is 11.5. The fraction of sp³-hybridized carbons (Fsp3) is 0.750. The lowest BCUT2D eigenvalue weighted by Crippen LogP contribution is -2.46. The third-order valence-electron chi connectivity index (χ3n) is 8.57. The molecule has 0 bridgehead atoms. The van der Waals surface area contributed by atoms with E-state index in [9.17, 15) is 15.3 Å². The molecule has 2 fully saturated rings. The number of benzene rings is 1. The normalized spacial score (nSPS) is 39.3. The summed E-state index contributed by atoms with van der Waals surface area (Å²) in [5.41, 5.74) is 2.29. The molecule has 28 heavy (non-hydrogen) atoms. The summed E-state index contributed by atoms with van der Waals surface area (Å²) >= 11 is 0. The van der Waals surface area contributed by atoms with Crippen molar-refractivity contribution >= 4 is 0 Å². The number of fused-ring (bicyclic) bond motifs is 5. The van der Waals surface area contributed by atoms with Crippen molar-refractivity contribution in [1.82, 2.24) is 5.32 Å². The first kappa shape index (κ1) is 20.2. The van der Waals surface area contributed by atoms with Gasteiger partial charge in [-0.2, -0.15) is 0 Å². The lowest BCUT2D eigenvalue weighted by molar-refractivity contribution is -0.0713. The van der Waals surface area contributed by atoms with E-state index in [2.05, 4.69) is 25.2 Å². The summed E-state index contributed by atoms with van der Waals surface area (Å²) in [4.78, 5) is 0. The van der Waals surface area contributed by atoms with Crippen LogP contribution >= 0.6 is 0 Å². The Hall–Kier alpha value is -1.10. The highest BCUT2D eigenvalue weighted by Crippen LogP contribution is 2.66. The van der Waals surface area contributed by atoms with Crippen LogP contribution in [0.2, 0.25) is 0 Å². The van der Waals surface area contributed by atoms with Crippen LogP contribution in [0.25, 0.3) is 0 Å². The minimum atomic E-state index is -0.418. The van der Waals surface area contributed by atoms with E-state index in [1.165, 1.54) is 11.1 Å². The van der Waals surface area contributed by atoms with Gasteiger partial charge in [-0.1, -0.05) is 19.9 Å². The van der Waals surface area contributed by atoms with E-state index in [1.807, 2.05) is 12.1 Å². The van der Waals surface area contributed by atoms with Crippen molar-refractivity contribution in [2.45, 2.75) is 70.8 Å². The van der Waals surface area contributed by atoms with Crippen LogP contribution in [-0.2, 0) is 6.42 Å². The first-order chi connectivity index (χ1) is 13.4. The van der Waals surface area contributed by atoms with E-state index >= 15 is 0 Å². The Morgan fingerprint density at radius 1 is 1.25 bits per heavy atom. The number of nitrogens with one attached hydrogen (secondary N) is 1. The van der Waals surface area contributed by atoms with Crippen molar-refractivity contribution in [3.63, 3.8) is 0 Å². The molecule has 0 spiro atoms. The summed E-state index contributed by atoms with van der Waals surface area (Å²) in [5, 5.41) is 35.1. The van der Waals surface area contributed by atoms with Crippen LogP contribution in [0.15, 0.2) is 18.2 Å². The molecule has 4 N–H and O–H groups in total. The van der Waals surface area contributed by atoms with E-state index in [-0.39, 0.29) is 17.4 Å². The molecule has 4 nitrogen and oxygen atoms in total. The topological polar surface area (TPSA) is 72.7 Å². The molecule has 156 valence electrons. The molecule has 0 aliphatic heterocycles. The SMILES string of the molecule is CCNCCC[C@]1(CO)CC2C3CCc4cc(O)ccc4C3CC[C@]2(C)[C@H]1O. The maximum atomic E-state index is 11.5. The van der Waals surface area contributed by atoms with E-state index in [0.717, 1.165) is 58.0 Å². The third-order valence-corrected chi connectivity index (χ3v) is 8.57. The summed E-state index contributed by atoms with van der Waals surface area (Å²) in [6.45, 7) is 6.41. The number of aromatic hydroxyl groups is 1. The molecule has 0 radical (unpaired) electrons. The highest BCUT2D eigenvalue weighted by Gasteiger charge is 2.63. The zero-order valence-electron chi connectivity index (χ0n) is 17.5. The van der Waals surface area contributed by atoms with Crippen LogP contribution in [0.1, 0.15) is 69.4 Å². The minimum Gasteiger partial charge on any atom is -0.508 e. The molecule has 3 unspecified atom stereocenters. The summed E-state index contributed by atoms with van der Waals surface area (Å²) in [6.07, 6.45) is 6.70. The van der Waals surface area contributed by atoms with E-state index in [1.54, 1.807) is 0 Å². The van der Waals surface area contributed by atoms with Crippen LogP contribution in [0.3, 0.4) is 0 Å². The molecule has 0 amide bonds. The molecular weight excluding hydrogens is 350 g/mol. The van der Waals surface area contributed by atoms with Crippen molar-refractivity contribution in [1.29, 1.82) is 0 Å². The lowest BCUT2D eigenvalue weighted by Gasteiger charge is -2.50. The summed E-state index contributed by atoms with van der Waals surface area (Å²) in [7, 11) is 0. The van der Waals surface area contributed by atoms with Crippen LogP contribution in [0, 0.1) is 22.7 Å². The highest BCUT2D eigenvalue weighted by molar-refractivity contribution is 5.40. The van der Waals surface area contributed by atoms with Gasteiger partial charge in [0.05, 0.1) is 12.7 Å². The Morgan fingerprint density at radius 3 is 2.82 bits per heavy atom. The average molecular weight is 388 g/mol. The number of rotatable bonds is 6. The first-order valence-electron chi connectivity index (χ1n) is 11.3. The number of aliphatic hydroxyl groups excluding tert-OH is 2. The van der Waals surface area contributed by atoms with Crippen LogP contribution < -0.4 is 5.32 Å². The largest absolute Gasteiger partial charge is 0.508 e. The van der Waals surface area contributed by atoms with Gasteiger partial charge >= 0.3 is 0 Å². The Kier molecular flexibility index (Phi) is 5.49. The number of aryl methyl sites for hydroxylation is 1. The van der Waals surface area contributed by atoms with E-state index < -0.39 is 6.10 Å². The maximum Gasteiger partial charge on any atom is 0.115 e. The summed E-state index contributed by atoms with van der Waals surface area (Å²) < 4.78 is 0. The molecule has 1 aromatic carbocycles. The van der Waals surface area contributed by atoms with Crippen LogP contribution in [-0.4, -0.2) is 41.1 Å². The molecule has 3 aliphatic rings. The fourth-order valence-electron chi connectivity index (χ4n) is 7.10. The number of phenols is 1. The smallest absolute Gasteiger partial charge is 0.115 e. The van der Waals surface area contributed by atoms with E-state index in [4.69, 9.17) is 0 Å². The predicted octanol–water partition coefficient (Wildman–Crippen LogP) is 3.59. The van der Waals surface area contributed by atoms with Gasteiger partial charge in [-0.15, -0.1) is 0 Å². The summed E-state index contributed by atoms with van der Waals surface area (Å²) in [5.74, 6) is 1.95. The highest BCUT2D eigenvalue weighted by atomic mass is 16.3. The quantitative estimate of drug-likeness (QED) is 0.563. The Labute approximate surface area is 169 Å². The predicted molar refractivity (Wildman–Crippen MR) is 111 cm³/mol. The Balaban J connectivity index is 1.59. The van der Waals surface area contributed by atoms with Crippen molar-refractivity contribution in [2.75, 3.05) is 19.7 Å². The average Bonchev–Trinajstić information content (AvgIpc) is 2.93. The minimum absolute atomic E-state index is 0.0868. The molecule has 1 aromatic rings. The lowest BCUT2D eigenvalue weighted by atomic mass is 9.55. The second-order valence-electron chi connectivity index (χ2n) is 9.93. The van der Waals surface area contributed by atoms with Gasteiger partial charge in [0, 0.05) is 5.41 Å². The number of hydrogen-bond donors (Lipinski definition) is 4. The summed E-state index contributed by atoms with van der Waals surface area (Å²) in [6, 6.07) is 5.91. The molecule has 0 aromatic heterocycles. The van der Waals surface area contributed by atoms with Gasteiger partial charge in [0.25, 0.3) is 0 Å². The van der Waals surface area contributed by atoms with Gasteiger partial charge in [-0.25, -0.2) is 0 Å². The van der Waals surface area contributed by atoms with Gasteiger partial charge in [-0.05, 0) is 104 Å². The molecule has 4 heteroatoms. The van der Waals surface area contributed by atoms with E-state index in [0.29, 0.717) is 23.5 Å².